The molecule has 0 radical (unpaired) electrons. The van der Waals surface area contributed by atoms with Crippen LogP contribution < -0.4 is 9.80 Å². The molecule has 290 valence electrons. The Kier molecular flexibility index (Phi) is 8.86. The van der Waals surface area contributed by atoms with Crippen molar-refractivity contribution in [1.29, 1.82) is 0 Å². The van der Waals surface area contributed by atoms with E-state index in [1.165, 1.54) is 71.9 Å². The van der Waals surface area contributed by atoms with Crippen molar-refractivity contribution in [2.75, 3.05) is 9.80 Å². The molecule has 11 rings (SSSR count). The molecule has 0 unspecified atom stereocenters. The first-order valence-corrected chi connectivity index (χ1v) is 21.2. The zero-order chi connectivity index (χ0) is 40.9. The van der Waals surface area contributed by atoms with E-state index in [4.69, 9.17) is 0 Å². The van der Waals surface area contributed by atoms with Gasteiger partial charge in [0.05, 0.1) is 28.4 Å². The zero-order valence-electron chi connectivity index (χ0n) is 34.3. The van der Waals surface area contributed by atoms with Crippen molar-refractivity contribution in [1.82, 2.24) is 0 Å². The van der Waals surface area contributed by atoms with Crippen molar-refractivity contribution in [3.8, 4) is 33.4 Å². The van der Waals surface area contributed by atoms with Crippen molar-refractivity contribution < 1.29 is 0 Å². The van der Waals surface area contributed by atoms with Crippen molar-refractivity contribution in [3.05, 3.63) is 242 Å². The first kappa shape index (κ1) is 36.4. The summed E-state index contributed by atoms with van der Waals surface area (Å²) in [7, 11) is 0. The van der Waals surface area contributed by atoms with Crippen LogP contribution in [0, 0.1) is 0 Å². The first-order chi connectivity index (χ1) is 30.0. The standard InChI is InChI=1S/C59H44N2/c1-59(2)52-26-14-16-28-55(52)61(57-40-48(33-37-53(57)59)47-30-29-42-19-9-10-23-46(42)39-47)58-51-25-12-11-22-45(51)34-38-56(58)60(49-35-31-43(32-36-49)41-17-5-3-6-18-41)54-27-15-13-24-50(54)44-20-7-4-8-21-44/h3-40H,1-2H3. The van der Waals surface area contributed by atoms with Crippen LogP contribution in [0.4, 0.5) is 34.1 Å². The van der Waals surface area contributed by atoms with Crippen LogP contribution in [0.3, 0.4) is 0 Å². The fraction of sp³-hybridized carbons (Fsp3) is 0.0508. The SMILES string of the molecule is CC1(C)c2ccccc2N(c2c(N(c3ccc(-c4ccccc4)cc3)c3ccccc3-c3ccccc3)ccc3ccccc23)c2cc(-c3ccc4ccccc4c3)ccc21. The molecule has 2 nitrogen and oxygen atoms in total. The summed E-state index contributed by atoms with van der Waals surface area (Å²) < 4.78 is 0. The second-order valence-corrected chi connectivity index (χ2v) is 16.6. The molecule has 1 heterocycles. The molecule has 0 N–H and O–H groups in total. The maximum Gasteiger partial charge on any atom is 0.0781 e. The van der Waals surface area contributed by atoms with Crippen molar-refractivity contribution in [3.63, 3.8) is 0 Å². The number of hydrogen-bond donors (Lipinski definition) is 0. The highest BCUT2D eigenvalue weighted by Crippen LogP contribution is 2.57. The van der Waals surface area contributed by atoms with E-state index >= 15 is 0 Å². The van der Waals surface area contributed by atoms with Crippen molar-refractivity contribution >= 4 is 55.7 Å². The summed E-state index contributed by atoms with van der Waals surface area (Å²) in [6.07, 6.45) is 0. The molecule has 0 amide bonds. The van der Waals surface area contributed by atoms with E-state index in [-0.39, 0.29) is 5.41 Å². The molecule has 0 spiro atoms. The molecule has 61 heavy (non-hydrogen) atoms. The third kappa shape index (κ3) is 6.27. The molecule has 0 aliphatic carbocycles. The van der Waals surface area contributed by atoms with Crippen LogP contribution in [0.1, 0.15) is 25.0 Å². The number of hydrogen-bond acceptors (Lipinski definition) is 2. The van der Waals surface area contributed by atoms with Gasteiger partial charge in [0.15, 0.2) is 0 Å². The van der Waals surface area contributed by atoms with E-state index in [2.05, 4.69) is 254 Å². The molecular formula is C59H44N2. The Morgan fingerprint density at radius 1 is 0.361 bits per heavy atom. The van der Waals surface area contributed by atoms with Crippen LogP contribution in [-0.4, -0.2) is 0 Å². The van der Waals surface area contributed by atoms with E-state index in [0.29, 0.717) is 0 Å². The van der Waals surface area contributed by atoms with Crippen LogP contribution >= 0.6 is 0 Å². The zero-order valence-corrected chi connectivity index (χ0v) is 34.3. The highest BCUT2D eigenvalue weighted by molar-refractivity contribution is 6.09. The van der Waals surface area contributed by atoms with Gasteiger partial charge in [-0.2, -0.15) is 0 Å². The van der Waals surface area contributed by atoms with E-state index in [9.17, 15) is 0 Å². The average molecular weight is 781 g/mol. The maximum absolute atomic E-state index is 2.56. The molecule has 0 saturated carbocycles. The van der Waals surface area contributed by atoms with Gasteiger partial charge >= 0.3 is 0 Å². The number of nitrogens with zero attached hydrogens (tertiary/aromatic N) is 2. The third-order valence-corrected chi connectivity index (χ3v) is 12.6. The minimum atomic E-state index is -0.248. The van der Waals surface area contributed by atoms with Gasteiger partial charge in [-0.15, -0.1) is 0 Å². The van der Waals surface area contributed by atoms with Gasteiger partial charge in [-0.3, -0.25) is 0 Å². The highest BCUT2D eigenvalue weighted by Gasteiger charge is 2.39. The molecule has 2 heteroatoms. The molecule has 0 atom stereocenters. The molecule has 0 aromatic heterocycles. The lowest BCUT2D eigenvalue weighted by atomic mass is 9.73. The minimum absolute atomic E-state index is 0.248. The van der Waals surface area contributed by atoms with Gasteiger partial charge in [-0.1, -0.05) is 202 Å². The lowest BCUT2D eigenvalue weighted by molar-refractivity contribution is 0.632. The largest absolute Gasteiger partial charge is 0.308 e. The lowest BCUT2D eigenvalue weighted by Crippen LogP contribution is -2.31. The van der Waals surface area contributed by atoms with Crippen LogP contribution in [-0.2, 0) is 5.41 Å². The number of fused-ring (bicyclic) bond motifs is 4. The predicted octanol–water partition coefficient (Wildman–Crippen LogP) is 16.6. The van der Waals surface area contributed by atoms with Gasteiger partial charge < -0.3 is 9.80 Å². The Labute approximate surface area is 358 Å². The van der Waals surface area contributed by atoms with Crippen LogP contribution in [0.2, 0.25) is 0 Å². The first-order valence-electron chi connectivity index (χ1n) is 21.2. The van der Waals surface area contributed by atoms with Crippen LogP contribution in [0.5, 0.6) is 0 Å². The number of rotatable bonds is 7. The summed E-state index contributed by atoms with van der Waals surface area (Å²) in [4.78, 5) is 5.04. The Bertz CT molecular complexity index is 3220. The minimum Gasteiger partial charge on any atom is -0.308 e. The quantitative estimate of drug-likeness (QED) is 0.159. The van der Waals surface area contributed by atoms with E-state index in [1.807, 2.05) is 0 Å². The van der Waals surface area contributed by atoms with E-state index < -0.39 is 0 Å². The van der Waals surface area contributed by atoms with Gasteiger partial charge in [0.1, 0.15) is 0 Å². The number of benzene rings is 10. The van der Waals surface area contributed by atoms with Gasteiger partial charge in [0.2, 0.25) is 0 Å². The molecule has 0 saturated heterocycles. The lowest BCUT2D eigenvalue weighted by Gasteiger charge is -2.44. The fourth-order valence-corrected chi connectivity index (χ4v) is 9.54. The molecule has 0 bridgehead atoms. The molecule has 0 fully saturated rings. The Morgan fingerprint density at radius 2 is 0.918 bits per heavy atom. The monoisotopic (exact) mass is 780 g/mol. The van der Waals surface area contributed by atoms with Gasteiger partial charge in [-0.05, 0) is 97.6 Å². The average Bonchev–Trinajstić information content (AvgIpc) is 3.33. The summed E-state index contributed by atoms with van der Waals surface area (Å²) in [6, 6.07) is 84.4. The topological polar surface area (TPSA) is 6.48 Å². The normalized spacial score (nSPS) is 12.9. The summed E-state index contributed by atoms with van der Waals surface area (Å²) in [5.41, 5.74) is 16.2. The summed E-state index contributed by atoms with van der Waals surface area (Å²) in [5, 5.41) is 4.85. The summed E-state index contributed by atoms with van der Waals surface area (Å²) in [5.74, 6) is 0. The van der Waals surface area contributed by atoms with E-state index in [1.54, 1.807) is 0 Å². The number of para-hydroxylation sites is 2. The summed E-state index contributed by atoms with van der Waals surface area (Å²) in [6.45, 7) is 4.75. The second kappa shape index (κ2) is 14.9. The molecule has 1 aliphatic rings. The number of anilines is 6. The van der Waals surface area contributed by atoms with Crippen molar-refractivity contribution in [2.24, 2.45) is 0 Å². The Morgan fingerprint density at radius 3 is 1.72 bits per heavy atom. The van der Waals surface area contributed by atoms with Gasteiger partial charge in [0, 0.05) is 22.1 Å². The summed E-state index contributed by atoms with van der Waals surface area (Å²) >= 11 is 0. The highest BCUT2D eigenvalue weighted by atomic mass is 15.2. The molecular weight excluding hydrogens is 737 g/mol. The van der Waals surface area contributed by atoms with Gasteiger partial charge in [-0.25, -0.2) is 0 Å². The molecule has 10 aromatic carbocycles. The third-order valence-electron chi connectivity index (χ3n) is 12.6. The van der Waals surface area contributed by atoms with E-state index in [0.717, 1.165) is 28.3 Å². The predicted molar refractivity (Wildman–Crippen MR) is 259 cm³/mol. The van der Waals surface area contributed by atoms with Crippen LogP contribution in [0.15, 0.2) is 231 Å². The second-order valence-electron chi connectivity index (χ2n) is 16.6. The maximum atomic E-state index is 2.56. The smallest absolute Gasteiger partial charge is 0.0781 e. The van der Waals surface area contributed by atoms with Gasteiger partial charge in [0.25, 0.3) is 0 Å². The fourth-order valence-electron chi connectivity index (χ4n) is 9.54. The Balaban J connectivity index is 1.21. The van der Waals surface area contributed by atoms with Crippen LogP contribution in [0.25, 0.3) is 54.9 Å². The molecule has 10 aromatic rings. The van der Waals surface area contributed by atoms with Crippen molar-refractivity contribution in [2.45, 2.75) is 19.3 Å². The Hall–Kier alpha value is -7.68. The molecule has 1 aliphatic heterocycles.